The summed E-state index contributed by atoms with van der Waals surface area (Å²) < 4.78 is 6.91. The van der Waals surface area contributed by atoms with E-state index in [9.17, 15) is 14.4 Å². The fourth-order valence-electron chi connectivity index (χ4n) is 3.47. The number of anilines is 1. The van der Waals surface area contributed by atoms with Gasteiger partial charge in [-0.05, 0) is 19.1 Å². The number of piperazine rings is 1. The van der Waals surface area contributed by atoms with Crippen LogP contribution in [0.15, 0.2) is 41.3 Å². The Morgan fingerprint density at radius 3 is 2.37 bits per heavy atom. The molecule has 1 N–H and O–H groups in total. The van der Waals surface area contributed by atoms with E-state index in [4.69, 9.17) is 4.74 Å². The molecular formula is C22H28N4O4. The van der Waals surface area contributed by atoms with Gasteiger partial charge in [-0.3, -0.25) is 19.3 Å². The average Bonchev–Trinajstić information content (AvgIpc) is 2.72. The largest absolute Gasteiger partial charge is 0.491 e. The average molecular weight is 412 g/mol. The number of carbonyl (C=O) groups is 2. The SMILES string of the molecule is COc1cn(CC(=O)Nc2ccc(C)cc2)c(CN2CCN(C(C)=O)CC2)cc1=O. The minimum absolute atomic E-state index is 0.0628. The molecule has 2 aromatic rings. The Labute approximate surface area is 176 Å². The Bertz CT molecular complexity index is 960. The maximum Gasteiger partial charge on any atom is 0.244 e. The Kier molecular flexibility index (Phi) is 6.89. The highest BCUT2D eigenvalue weighted by Crippen LogP contribution is 2.13. The van der Waals surface area contributed by atoms with Gasteiger partial charge in [0.1, 0.15) is 6.54 Å². The summed E-state index contributed by atoms with van der Waals surface area (Å²) in [6.45, 7) is 6.89. The number of aromatic nitrogens is 1. The van der Waals surface area contributed by atoms with Crippen LogP contribution in [0.25, 0.3) is 0 Å². The summed E-state index contributed by atoms with van der Waals surface area (Å²) in [5, 5.41) is 2.88. The van der Waals surface area contributed by atoms with Crippen molar-refractivity contribution in [3.63, 3.8) is 0 Å². The molecule has 0 unspecified atom stereocenters. The van der Waals surface area contributed by atoms with Crippen LogP contribution in [0.2, 0.25) is 0 Å². The zero-order valence-electron chi connectivity index (χ0n) is 17.7. The zero-order chi connectivity index (χ0) is 21.7. The molecule has 8 nitrogen and oxygen atoms in total. The summed E-state index contributed by atoms with van der Waals surface area (Å²) in [5.74, 6) is 0.0827. The van der Waals surface area contributed by atoms with Crippen LogP contribution in [0.3, 0.4) is 0 Å². The topological polar surface area (TPSA) is 83.9 Å². The van der Waals surface area contributed by atoms with Crippen molar-refractivity contribution in [1.82, 2.24) is 14.4 Å². The van der Waals surface area contributed by atoms with Gasteiger partial charge in [0.05, 0.1) is 13.3 Å². The van der Waals surface area contributed by atoms with E-state index in [1.165, 1.54) is 13.2 Å². The van der Waals surface area contributed by atoms with Crippen molar-refractivity contribution in [1.29, 1.82) is 0 Å². The fourth-order valence-corrected chi connectivity index (χ4v) is 3.47. The second-order valence-electron chi connectivity index (χ2n) is 7.52. The number of pyridine rings is 1. The molecule has 0 saturated carbocycles. The smallest absolute Gasteiger partial charge is 0.244 e. The maximum absolute atomic E-state index is 12.6. The third-order valence-corrected chi connectivity index (χ3v) is 5.25. The molecule has 160 valence electrons. The lowest BCUT2D eigenvalue weighted by Gasteiger charge is -2.34. The molecule has 0 radical (unpaired) electrons. The van der Waals surface area contributed by atoms with E-state index < -0.39 is 0 Å². The van der Waals surface area contributed by atoms with Gasteiger partial charge in [-0.1, -0.05) is 17.7 Å². The number of amides is 2. The number of aryl methyl sites for hydroxylation is 1. The van der Waals surface area contributed by atoms with Crippen molar-refractivity contribution >= 4 is 17.5 Å². The van der Waals surface area contributed by atoms with E-state index in [-0.39, 0.29) is 29.5 Å². The first-order valence-electron chi connectivity index (χ1n) is 9.97. The molecule has 1 saturated heterocycles. The molecule has 2 amide bonds. The number of carbonyl (C=O) groups excluding carboxylic acids is 2. The van der Waals surface area contributed by atoms with Crippen LogP contribution in [-0.2, 0) is 22.7 Å². The molecule has 0 aliphatic carbocycles. The first kappa shape index (κ1) is 21.6. The molecule has 8 heteroatoms. The Hall–Kier alpha value is -3.13. The summed E-state index contributed by atoms with van der Waals surface area (Å²) in [6, 6.07) is 9.10. The lowest BCUT2D eigenvalue weighted by atomic mass is 10.2. The molecule has 30 heavy (non-hydrogen) atoms. The van der Waals surface area contributed by atoms with Gasteiger partial charge in [-0.2, -0.15) is 0 Å². The van der Waals surface area contributed by atoms with Gasteiger partial charge in [-0.25, -0.2) is 0 Å². The van der Waals surface area contributed by atoms with Gasteiger partial charge in [0.25, 0.3) is 0 Å². The zero-order valence-corrected chi connectivity index (χ0v) is 17.7. The minimum Gasteiger partial charge on any atom is -0.491 e. The van der Waals surface area contributed by atoms with Crippen LogP contribution < -0.4 is 15.5 Å². The number of nitrogens with one attached hydrogen (secondary N) is 1. The van der Waals surface area contributed by atoms with Crippen LogP contribution in [0.1, 0.15) is 18.2 Å². The van der Waals surface area contributed by atoms with E-state index >= 15 is 0 Å². The molecule has 1 aromatic carbocycles. The first-order valence-corrected chi connectivity index (χ1v) is 9.97. The normalized spacial score (nSPS) is 14.4. The van der Waals surface area contributed by atoms with Gasteiger partial charge in [0, 0.05) is 57.1 Å². The van der Waals surface area contributed by atoms with Crippen LogP contribution in [0.4, 0.5) is 5.69 Å². The van der Waals surface area contributed by atoms with Crippen LogP contribution in [0.5, 0.6) is 5.75 Å². The van der Waals surface area contributed by atoms with E-state index in [2.05, 4.69) is 10.2 Å². The van der Waals surface area contributed by atoms with Gasteiger partial charge >= 0.3 is 0 Å². The van der Waals surface area contributed by atoms with Crippen molar-refractivity contribution in [3.05, 3.63) is 58.0 Å². The van der Waals surface area contributed by atoms with Gasteiger partial charge < -0.3 is 19.5 Å². The van der Waals surface area contributed by atoms with Gasteiger partial charge in [-0.15, -0.1) is 0 Å². The Balaban J connectivity index is 1.74. The number of nitrogens with zero attached hydrogens (tertiary/aromatic N) is 3. The van der Waals surface area contributed by atoms with Crippen molar-refractivity contribution in [3.8, 4) is 5.75 Å². The fraction of sp³-hybridized carbons (Fsp3) is 0.409. The van der Waals surface area contributed by atoms with E-state index in [0.29, 0.717) is 19.6 Å². The molecule has 3 rings (SSSR count). The minimum atomic E-state index is -0.218. The summed E-state index contributed by atoms with van der Waals surface area (Å²) >= 11 is 0. The lowest BCUT2D eigenvalue weighted by molar-refractivity contribution is -0.130. The van der Waals surface area contributed by atoms with Crippen molar-refractivity contribution in [2.24, 2.45) is 0 Å². The van der Waals surface area contributed by atoms with Crippen LogP contribution >= 0.6 is 0 Å². The molecular weight excluding hydrogens is 384 g/mol. The molecule has 1 aromatic heterocycles. The molecule has 2 heterocycles. The number of benzene rings is 1. The third-order valence-electron chi connectivity index (χ3n) is 5.25. The summed E-state index contributed by atoms with van der Waals surface area (Å²) in [4.78, 5) is 40.4. The van der Waals surface area contributed by atoms with Crippen molar-refractivity contribution < 1.29 is 14.3 Å². The highest BCUT2D eigenvalue weighted by Gasteiger charge is 2.20. The number of ether oxygens (including phenoxy) is 1. The quantitative estimate of drug-likeness (QED) is 0.777. The second-order valence-corrected chi connectivity index (χ2v) is 7.52. The number of rotatable bonds is 6. The van der Waals surface area contributed by atoms with Crippen molar-refractivity contribution in [2.45, 2.75) is 26.9 Å². The van der Waals surface area contributed by atoms with Gasteiger partial charge in [0.2, 0.25) is 17.2 Å². The highest BCUT2D eigenvalue weighted by molar-refractivity contribution is 5.90. The Morgan fingerprint density at radius 1 is 1.10 bits per heavy atom. The molecule has 0 bridgehead atoms. The second kappa shape index (κ2) is 9.58. The maximum atomic E-state index is 12.6. The van der Waals surface area contributed by atoms with E-state index in [1.807, 2.05) is 36.1 Å². The van der Waals surface area contributed by atoms with Gasteiger partial charge in [0.15, 0.2) is 5.75 Å². The molecule has 1 fully saturated rings. The van der Waals surface area contributed by atoms with Crippen LogP contribution in [-0.4, -0.2) is 59.5 Å². The van der Waals surface area contributed by atoms with E-state index in [1.54, 1.807) is 17.7 Å². The number of methoxy groups -OCH3 is 1. The highest BCUT2D eigenvalue weighted by atomic mass is 16.5. The summed E-state index contributed by atoms with van der Waals surface area (Å²) in [5.41, 5.74) is 2.35. The third kappa shape index (κ3) is 5.48. The van der Waals surface area contributed by atoms with Crippen molar-refractivity contribution in [2.75, 3.05) is 38.6 Å². The van der Waals surface area contributed by atoms with E-state index in [0.717, 1.165) is 30.0 Å². The number of hydrogen-bond donors (Lipinski definition) is 1. The number of hydrogen-bond acceptors (Lipinski definition) is 5. The summed E-state index contributed by atoms with van der Waals surface area (Å²) in [7, 11) is 1.44. The first-order chi connectivity index (χ1) is 14.4. The monoisotopic (exact) mass is 412 g/mol. The molecule has 0 spiro atoms. The molecule has 1 aliphatic heterocycles. The predicted molar refractivity (Wildman–Crippen MR) is 115 cm³/mol. The summed E-state index contributed by atoms with van der Waals surface area (Å²) in [6.07, 6.45) is 1.58. The molecule has 1 aliphatic rings. The predicted octanol–water partition coefficient (Wildman–Crippen LogP) is 1.47. The molecule has 0 atom stereocenters. The lowest BCUT2D eigenvalue weighted by Crippen LogP contribution is -2.47. The van der Waals surface area contributed by atoms with Crippen LogP contribution in [0, 0.1) is 6.92 Å². The standard InChI is InChI=1S/C22H28N4O4/c1-16-4-6-18(7-5-16)23-22(29)15-26-14-21(30-3)20(28)12-19(26)13-24-8-10-25(11-9-24)17(2)27/h4-7,12,14H,8-11,13,15H2,1-3H3,(H,23,29). The Morgan fingerprint density at radius 2 is 1.77 bits per heavy atom.